The van der Waals surface area contributed by atoms with Gasteiger partial charge in [-0.1, -0.05) is 66.7 Å². The van der Waals surface area contributed by atoms with Gasteiger partial charge in [-0.3, -0.25) is 0 Å². The van der Waals surface area contributed by atoms with Crippen molar-refractivity contribution in [2.75, 3.05) is 20.8 Å². The molecule has 1 aliphatic carbocycles. The van der Waals surface area contributed by atoms with Crippen molar-refractivity contribution in [3.8, 4) is 16.9 Å². The van der Waals surface area contributed by atoms with Gasteiger partial charge in [0.05, 0.1) is 14.2 Å². The maximum Gasteiger partial charge on any atom is 0.421 e. The minimum absolute atomic E-state index is 0.153. The van der Waals surface area contributed by atoms with Crippen molar-refractivity contribution in [3.05, 3.63) is 90.0 Å². The molecule has 0 aromatic heterocycles. The lowest BCUT2D eigenvalue weighted by atomic mass is 9.68. The van der Waals surface area contributed by atoms with E-state index in [0.29, 0.717) is 6.04 Å². The summed E-state index contributed by atoms with van der Waals surface area (Å²) in [6.45, 7) is 0.918. The average molecular weight is 538 g/mol. The van der Waals surface area contributed by atoms with Gasteiger partial charge in [-0.05, 0) is 60.1 Å². The van der Waals surface area contributed by atoms with Crippen LogP contribution in [0.4, 0.5) is 4.79 Å². The zero-order valence-electron chi connectivity index (χ0n) is 21.8. The van der Waals surface area contributed by atoms with Gasteiger partial charge in [0.15, 0.2) is 0 Å². The topological polar surface area (TPSA) is 106 Å². The predicted molar refractivity (Wildman–Crippen MR) is 148 cm³/mol. The average Bonchev–Trinajstić information content (AvgIpc) is 2.96. The number of carbonyl (C=O) groups excluding carboxylic acids is 1. The molecule has 8 nitrogen and oxygen atoms in total. The third-order valence-electron chi connectivity index (χ3n) is 7.28. The molecule has 3 N–H and O–H groups in total. The van der Waals surface area contributed by atoms with Crippen LogP contribution >= 0.6 is 0 Å². The molecule has 0 radical (unpaired) electrons. The number of ether oxygens (including phenoxy) is 2. The van der Waals surface area contributed by atoms with Crippen molar-refractivity contribution in [1.29, 1.82) is 0 Å². The SMILES string of the molecule is COC(=O)NS(=O)(=O)NCC1(c2cccc(OC)c2)CCC(NCc2ccc(-c3ccccc3)cc2)CC1. The van der Waals surface area contributed by atoms with E-state index in [1.807, 2.05) is 47.2 Å². The first-order valence-electron chi connectivity index (χ1n) is 12.7. The van der Waals surface area contributed by atoms with Gasteiger partial charge >= 0.3 is 16.3 Å². The molecule has 3 aromatic carbocycles. The molecule has 0 aliphatic heterocycles. The Morgan fingerprint density at radius 2 is 1.61 bits per heavy atom. The van der Waals surface area contributed by atoms with Crippen molar-refractivity contribution >= 4 is 16.3 Å². The van der Waals surface area contributed by atoms with E-state index < -0.39 is 21.7 Å². The Morgan fingerprint density at radius 3 is 2.26 bits per heavy atom. The second-order valence-corrected chi connectivity index (χ2v) is 11.1. The predicted octanol–water partition coefficient (Wildman–Crippen LogP) is 4.52. The summed E-state index contributed by atoms with van der Waals surface area (Å²) in [4.78, 5) is 11.5. The molecule has 0 bridgehead atoms. The third kappa shape index (κ3) is 7.12. The van der Waals surface area contributed by atoms with Crippen LogP contribution in [0.15, 0.2) is 78.9 Å². The summed E-state index contributed by atoms with van der Waals surface area (Å²) >= 11 is 0. The summed E-state index contributed by atoms with van der Waals surface area (Å²) in [5.74, 6) is 0.719. The number of hydrogen-bond acceptors (Lipinski definition) is 6. The monoisotopic (exact) mass is 537 g/mol. The second kappa shape index (κ2) is 12.4. The van der Waals surface area contributed by atoms with Gasteiger partial charge in [0.1, 0.15) is 5.75 Å². The van der Waals surface area contributed by atoms with E-state index in [-0.39, 0.29) is 6.54 Å². The summed E-state index contributed by atoms with van der Waals surface area (Å²) < 4.78 is 39.1. The van der Waals surface area contributed by atoms with E-state index in [0.717, 1.165) is 50.7 Å². The summed E-state index contributed by atoms with van der Waals surface area (Å²) in [5, 5.41) is 3.68. The van der Waals surface area contributed by atoms with Crippen LogP contribution in [0.5, 0.6) is 5.75 Å². The molecular weight excluding hydrogens is 502 g/mol. The lowest BCUT2D eigenvalue weighted by Gasteiger charge is -2.41. The fourth-order valence-corrected chi connectivity index (χ4v) is 5.86. The van der Waals surface area contributed by atoms with E-state index in [2.05, 4.69) is 51.2 Å². The van der Waals surface area contributed by atoms with Crippen LogP contribution in [-0.2, 0) is 26.9 Å². The first-order valence-corrected chi connectivity index (χ1v) is 14.2. The van der Waals surface area contributed by atoms with Gasteiger partial charge in [0.2, 0.25) is 0 Å². The van der Waals surface area contributed by atoms with Gasteiger partial charge in [-0.25, -0.2) is 9.52 Å². The molecule has 4 rings (SSSR count). The molecular formula is C29H35N3O5S. The summed E-state index contributed by atoms with van der Waals surface area (Å²) in [7, 11) is -1.33. The second-order valence-electron chi connectivity index (χ2n) is 9.65. The summed E-state index contributed by atoms with van der Waals surface area (Å²) in [6.07, 6.45) is 2.27. The molecule has 0 unspecified atom stereocenters. The van der Waals surface area contributed by atoms with Gasteiger partial charge in [-0.15, -0.1) is 0 Å². The highest BCUT2D eigenvalue weighted by atomic mass is 32.2. The Kier molecular flexibility index (Phi) is 9.04. The van der Waals surface area contributed by atoms with E-state index in [1.54, 1.807) is 7.11 Å². The fourth-order valence-electron chi connectivity index (χ4n) is 5.02. The summed E-state index contributed by atoms with van der Waals surface area (Å²) in [5.41, 5.74) is 4.18. The highest BCUT2D eigenvalue weighted by Gasteiger charge is 2.38. The first kappa shape index (κ1) is 27.6. The van der Waals surface area contributed by atoms with E-state index in [9.17, 15) is 13.2 Å². The number of methoxy groups -OCH3 is 2. The molecule has 0 heterocycles. The van der Waals surface area contributed by atoms with Crippen LogP contribution in [0.1, 0.15) is 36.8 Å². The van der Waals surface area contributed by atoms with Gasteiger partial charge in [0.25, 0.3) is 0 Å². The van der Waals surface area contributed by atoms with Gasteiger partial charge in [0, 0.05) is 24.5 Å². The van der Waals surface area contributed by atoms with Crippen molar-refractivity contribution in [1.82, 2.24) is 14.8 Å². The third-order valence-corrected chi connectivity index (χ3v) is 8.24. The zero-order chi connectivity index (χ0) is 27.0. The molecule has 3 aromatic rings. The number of amides is 1. The molecule has 9 heteroatoms. The lowest BCUT2D eigenvalue weighted by molar-refractivity contribution is 0.177. The van der Waals surface area contributed by atoms with Crippen molar-refractivity contribution in [3.63, 3.8) is 0 Å². The Labute approximate surface area is 224 Å². The van der Waals surface area contributed by atoms with Crippen molar-refractivity contribution in [2.45, 2.75) is 43.7 Å². The zero-order valence-corrected chi connectivity index (χ0v) is 22.6. The molecule has 202 valence electrons. The summed E-state index contributed by atoms with van der Waals surface area (Å²) in [6, 6.07) is 27.0. The molecule has 1 saturated carbocycles. The maximum atomic E-state index is 12.4. The van der Waals surface area contributed by atoms with E-state index in [4.69, 9.17) is 4.74 Å². The van der Waals surface area contributed by atoms with Crippen LogP contribution < -0.4 is 19.5 Å². The van der Waals surface area contributed by atoms with Gasteiger partial charge in [-0.2, -0.15) is 13.1 Å². The Morgan fingerprint density at radius 1 is 0.921 bits per heavy atom. The fraction of sp³-hybridized carbons (Fsp3) is 0.345. The molecule has 1 fully saturated rings. The van der Waals surface area contributed by atoms with Crippen LogP contribution in [0.25, 0.3) is 11.1 Å². The first-order chi connectivity index (χ1) is 18.3. The molecule has 0 atom stereocenters. The molecule has 0 saturated heterocycles. The Balaban J connectivity index is 1.40. The Hall–Kier alpha value is -3.40. The van der Waals surface area contributed by atoms with Gasteiger partial charge < -0.3 is 14.8 Å². The Bertz CT molecular complexity index is 1310. The maximum absolute atomic E-state index is 12.4. The number of benzene rings is 3. The highest BCUT2D eigenvalue weighted by Crippen LogP contribution is 2.40. The van der Waals surface area contributed by atoms with Crippen LogP contribution in [-0.4, -0.2) is 41.3 Å². The highest BCUT2D eigenvalue weighted by molar-refractivity contribution is 7.88. The van der Waals surface area contributed by atoms with E-state index >= 15 is 0 Å². The molecule has 38 heavy (non-hydrogen) atoms. The molecule has 1 amide bonds. The number of nitrogens with one attached hydrogen (secondary N) is 3. The quantitative estimate of drug-likeness (QED) is 0.351. The largest absolute Gasteiger partial charge is 0.497 e. The van der Waals surface area contributed by atoms with Crippen LogP contribution in [0, 0.1) is 0 Å². The minimum Gasteiger partial charge on any atom is -0.497 e. The molecule has 1 aliphatic rings. The smallest absolute Gasteiger partial charge is 0.421 e. The minimum atomic E-state index is -4.06. The van der Waals surface area contributed by atoms with Crippen molar-refractivity contribution in [2.24, 2.45) is 0 Å². The van der Waals surface area contributed by atoms with Crippen molar-refractivity contribution < 1.29 is 22.7 Å². The van der Waals surface area contributed by atoms with Crippen LogP contribution in [0.2, 0.25) is 0 Å². The lowest BCUT2D eigenvalue weighted by Crippen LogP contribution is -2.49. The number of rotatable bonds is 10. The number of carbonyl (C=O) groups is 1. The standard InChI is InChI=1S/C29H35N3O5S/c1-36-27-10-6-9-25(19-27)29(21-31-38(34,35)32-28(33)37-2)17-15-26(16-18-29)30-20-22-11-13-24(14-12-22)23-7-4-3-5-8-23/h3-14,19,26,30-31H,15-18,20-21H2,1-2H3,(H,32,33). The van der Waals surface area contributed by atoms with E-state index in [1.165, 1.54) is 16.7 Å². The normalized spacial score (nSPS) is 19.5. The van der Waals surface area contributed by atoms with Crippen LogP contribution in [0.3, 0.4) is 0 Å². The number of hydrogen-bond donors (Lipinski definition) is 3. The molecule has 0 spiro atoms.